The minimum Gasteiger partial charge on any atom is -0.349 e. The Morgan fingerprint density at radius 3 is 2.23 bits per heavy atom. The molecule has 148 valence electrons. The van der Waals surface area contributed by atoms with Gasteiger partial charge in [-0.25, -0.2) is 4.68 Å². The monoisotopic (exact) mass is 415 g/mol. The third-order valence-electron chi connectivity index (χ3n) is 4.76. The van der Waals surface area contributed by atoms with Gasteiger partial charge in [-0.15, -0.1) is 10.2 Å². The Labute approximate surface area is 178 Å². The highest BCUT2D eigenvalue weighted by Crippen LogP contribution is 2.37. The molecule has 0 spiro atoms. The first-order chi connectivity index (χ1) is 14.6. The zero-order valence-corrected chi connectivity index (χ0v) is 17.0. The molecule has 0 bridgehead atoms. The summed E-state index contributed by atoms with van der Waals surface area (Å²) in [6.45, 7) is 0.269. The number of nitrogens with one attached hydrogen (secondary N) is 1. The van der Waals surface area contributed by atoms with Crippen LogP contribution in [0.15, 0.2) is 60.7 Å². The summed E-state index contributed by atoms with van der Waals surface area (Å²) in [4.78, 5) is 1.56. The van der Waals surface area contributed by atoms with Crippen molar-refractivity contribution >= 4 is 28.5 Å². The van der Waals surface area contributed by atoms with Crippen LogP contribution >= 0.6 is 11.6 Å². The van der Waals surface area contributed by atoms with Crippen LogP contribution in [0.4, 0.5) is 0 Å². The van der Waals surface area contributed by atoms with Crippen LogP contribution in [0.2, 0.25) is 5.02 Å². The number of likely N-dealkylation sites (N-methyl/N-ethyl adjacent to an activating group) is 1. The van der Waals surface area contributed by atoms with Crippen LogP contribution in [-0.2, 0) is 6.54 Å². The minimum absolute atomic E-state index is 0.119. The van der Waals surface area contributed by atoms with Crippen molar-refractivity contribution in [2.24, 2.45) is 0 Å². The first-order valence-electron chi connectivity index (χ1n) is 9.29. The summed E-state index contributed by atoms with van der Waals surface area (Å²) in [6, 6.07) is 21.4. The van der Waals surface area contributed by atoms with Crippen molar-refractivity contribution in [3.63, 3.8) is 0 Å². The van der Waals surface area contributed by atoms with Crippen LogP contribution in [0.1, 0.15) is 0 Å². The fraction of sp³-hybridized carbons (Fsp3) is 0.136. The van der Waals surface area contributed by atoms with Gasteiger partial charge in [0.1, 0.15) is 30.3 Å². The molecule has 0 amide bonds. The van der Waals surface area contributed by atoms with E-state index in [2.05, 4.69) is 10.2 Å². The van der Waals surface area contributed by atoms with E-state index in [1.807, 2.05) is 66.7 Å². The summed E-state index contributed by atoms with van der Waals surface area (Å²) in [5.41, 5.74) is 3.52. The van der Waals surface area contributed by atoms with Gasteiger partial charge in [-0.2, -0.15) is 10.4 Å². The molecule has 0 fully saturated rings. The quantitative estimate of drug-likeness (QED) is 0.299. The number of amidine groups is 1. The van der Waals surface area contributed by atoms with Crippen molar-refractivity contribution in [2.45, 2.75) is 6.54 Å². The first kappa shape index (κ1) is 19.6. The molecule has 0 aliphatic heterocycles. The SMILES string of the molecule is CN(CC#N)C(=N)Cn1nc(-c2ccccc2)c2c(Cl)c(-c3ccccc3)nnc21. The molecular formula is C22H18ClN7. The van der Waals surface area contributed by atoms with E-state index >= 15 is 0 Å². The molecule has 2 aromatic heterocycles. The van der Waals surface area contributed by atoms with Crippen molar-refractivity contribution < 1.29 is 0 Å². The largest absolute Gasteiger partial charge is 0.349 e. The summed E-state index contributed by atoms with van der Waals surface area (Å²) < 4.78 is 1.61. The van der Waals surface area contributed by atoms with Crippen LogP contribution in [-0.4, -0.2) is 44.3 Å². The molecule has 7 nitrogen and oxygen atoms in total. The highest BCUT2D eigenvalue weighted by Gasteiger charge is 2.21. The molecule has 0 aliphatic rings. The summed E-state index contributed by atoms with van der Waals surface area (Å²) in [6.07, 6.45) is 0. The maximum absolute atomic E-state index is 8.90. The molecule has 0 aliphatic carbocycles. The van der Waals surface area contributed by atoms with Crippen LogP contribution in [0, 0.1) is 16.7 Å². The van der Waals surface area contributed by atoms with Crippen LogP contribution < -0.4 is 0 Å². The van der Waals surface area contributed by atoms with E-state index in [1.165, 1.54) is 0 Å². The van der Waals surface area contributed by atoms with Crippen molar-refractivity contribution in [3.05, 3.63) is 65.7 Å². The number of hydrogen-bond acceptors (Lipinski definition) is 5. The van der Waals surface area contributed by atoms with Crippen molar-refractivity contribution in [3.8, 4) is 28.6 Å². The topological polar surface area (TPSA) is 94.5 Å². The highest BCUT2D eigenvalue weighted by atomic mass is 35.5. The van der Waals surface area contributed by atoms with E-state index in [0.717, 1.165) is 11.1 Å². The lowest BCUT2D eigenvalue weighted by atomic mass is 10.1. The number of benzene rings is 2. The van der Waals surface area contributed by atoms with Crippen molar-refractivity contribution in [2.75, 3.05) is 13.6 Å². The van der Waals surface area contributed by atoms with Gasteiger partial charge in [0.15, 0.2) is 5.65 Å². The van der Waals surface area contributed by atoms with Gasteiger partial charge in [0.25, 0.3) is 0 Å². The molecule has 4 rings (SSSR count). The Kier molecular flexibility index (Phi) is 5.42. The maximum Gasteiger partial charge on any atom is 0.183 e. The minimum atomic E-state index is 0.119. The molecule has 0 saturated carbocycles. The van der Waals surface area contributed by atoms with E-state index in [4.69, 9.17) is 27.4 Å². The summed E-state index contributed by atoms with van der Waals surface area (Å²) in [5.74, 6) is 0.241. The van der Waals surface area contributed by atoms with Crippen LogP contribution in [0.3, 0.4) is 0 Å². The number of nitriles is 1. The van der Waals surface area contributed by atoms with Gasteiger partial charge in [0.05, 0.1) is 16.5 Å². The van der Waals surface area contributed by atoms with Gasteiger partial charge >= 0.3 is 0 Å². The first-order valence-corrected chi connectivity index (χ1v) is 9.67. The predicted octanol–water partition coefficient (Wildman–Crippen LogP) is 4.25. The molecular weight excluding hydrogens is 398 g/mol. The lowest BCUT2D eigenvalue weighted by molar-refractivity contribution is 0.532. The Bertz CT molecular complexity index is 1240. The van der Waals surface area contributed by atoms with Gasteiger partial charge in [0.2, 0.25) is 0 Å². The normalized spacial score (nSPS) is 10.7. The van der Waals surface area contributed by atoms with E-state index in [-0.39, 0.29) is 18.9 Å². The van der Waals surface area contributed by atoms with E-state index in [9.17, 15) is 0 Å². The average molecular weight is 416 g/mol. The second-order valence-corrected chi connectivity index (χ2v) is 7.14. The number of aromatic nitrogens is 4. The third-order valence-corrected chi connectivity index (χ3v) is 5.13. The van der Waals surface area contributed by atoms with Gasteiger partial charge in [-0.1, -0.05) is 72.3 Å². The zero-order chi connectivity index (χ0) is 21.1. The van der Waals surface area contributed by atoms with E-state index in [1.54, 1.807) is 16.6 Å². The molecule has 30 heavy (non-hydrogen) atoms. The van der Waals surface area contributed by atoms with Crippen LogP contribution in [0.25, 0.3) is 33.5 Å². The molecule has 0 unspecified atom stereocenters. The lowest BCUT2D eigenvalue weighted by Gasteiger charge is -2.16. The number of hydrogen-bond donors (Lipinski definition) is 1. The Hall–Kier alpha value is -3.76. The molecule has 2 aromatic carbocycles. The molecule has 0 radical (unpaired) electrons. The molecule has 0 atom stereocenters. The average Bonchev–Trinajstić information content (AvgIpc) is 3.14. The second kappa shape index (κ2) is 8.31. The standard InChI is InChI=1S/C22H18ClN7/c1-29(13-12-24)17(25)14-30-22-18(20(28-30)15-8-4-2-5-9-15)19(23)21(26-27-22)16-10-6-3-7-11-16/h2-11,25H,13-14H2,1H3. The second-order valence-electron chi connectivity index (χ2n) is 6.76. The van der Waals surface area contributed by atoms with Crippen molar-refractivity contribution in [1.82, 2.24) is 24.9 Å². The molecule has 0 saturated heterocycles. The van der Waals surface area contributed by atoms with Gasteiger partial charge in [-0.3, -0.25) is 5.41 Å². The summed E-state index contributed by atoms with van der Waals surface area (Å²) in [7, 11) is 1.70. The highest BCUT2D eigenvalue weighted by molar-refractivity contribution is 6.38. The fourth-order valence-corrected chi connectivity index (χ4v) is 3.49. The van der Waals surface area contributed by atoms with Crippen molar-refractivity contribution in [1.29, 1.82) is 10.7 Å². The van der Waals surface area contributed by atoms with Gasteiger partial charge in [-0.05, 0) is 0 Å². The lowest BCUT2D eigenvalue weighted by Crippen LogP contribution is -2.30. The van der Waals surface area contributed by atoms with E-state index in [0.29, 0.717) is 27.4 Å². The molecule has 8 heteroatoms. The smallest absolute Gasteiger partial charge is 0.183 e. The Morgan fingerprint density at radius 2 is 1.63 bits per heavy atom. The Balaban J connectivity index is 1.90. The fourth-order valence-electron chi connectivity index (χ4n) is 3.17. The molecule has 4 aromatic rings. The predicted molar refractivity (Wildman–Crippen MR) is 117 cm³/mol. The van der Waals surface area contributed by atoms with E-state index < -0.39 is 0 Å². The van der Waals surface area contributed by atoms with Gasteiger partial charge < -0.3 is 4.90 Å². The Morgan fingerprint density at radius 1 is 1.03 bits per heavy atom. The van der Waals surface area contributed by atoms with Crippen LogP contribution in [0.5, 0.6) is 0 Å². The number of rotatable bonds is 5. The number of halogens is 1. The maximum atomic E-state index is 8.90. The third kappa shape index (κ3) is 3.61. The molecule has 2 heterocycles. The zero-order valence-electron chi connectivity index (χ0n) is 16.2. The summed E-state index contributed by atoms with van der Waals surface area (Å²) >= 11 is 6.83. The number of nitrogens with zero attached hydrogens (tertiary/aromatic N) is 6. The molecule has 1 N–H and O–H groups in total. The van der Waals surface area contributed by atoms with Gasteiger partial charge in [0, 0.05) is 18.2 Å². The number of fused-ring (bicyclic) bond motifs is 1. The summed E-state index contributed by atoms with van der Waals surface area (Å²) in [5, 5.41) is 31.8.